The molecule has 0 N–H and O–H groups in total. The van der Waals surface area contributed by atoms with Gasteiger partial charge in [0.2, 0.25) is 0 Å². The summed E-state index contributed by atoms with van der Waals surface area (Å²) in [6.07, 6.45) is 0. The average Bonchev–Trinajstić information content (AvgIpc) is 2.95. The van der Waals surface area contributed by atoms with Gasteiger partial charge in [-0.2, -0.15) is 5.10 Å². The lowest BCUT2D eigenvalue weighted by Gasteiger charge is -2.05. The molecule has 0 unspecified atom stereocenters. The molecule has 0 aliphatic rings. The lowest BCUT2D eigenvalue weighted by Crippen LogP contribution is -2.20. The highest BCUT2D eigenvalue weighted by Crippen LogP contribution is 2.29. The van der Waals surface area contributed by atoms with Crippen LogP contribution in [0.4, 0.5) is 0 Å². The summed E-state index contributed by atoms with van der Waals surface area (Å²) in [6.45, 7) is 2.37. The number of aromatic carboxylic acids is 1. The van der Waals surface area contributed by atoms with Gasteiger partial charge in [0, 0.05) is 10.4 Å². The number of halogens is 1. The molecule has 0 atom stereocenters. The molecule has 3 aromatic rings. The first kappa shape index (κ1) is 13.1. The maximum Gasteiger partial charge on any atom is 0.122 e. The molecule has 0 saturated carbocycles. The van der Waals surface area contributed by atoms with Crippen LogP contribution in [-0.4, -0.2) is 15.7 Å². The number of carbonyl (C=O) groups excluding carboxylic acids is 1. The SMILES string of the molecule is Cc1nn(Cc2ccccc2Cl)c2sc(C(=O)[O-])cc12. The van der Waals surface area contributed by atoms with Crippen molar-refractivity contribution in [2.24, 2.45) is 0 Å². The number of carbonyl (C=O) groups is 1. The van der Waals surface area contributed by atoms with E-state index in [-0.39, 0.29) is 4.88 Å². The van der Waals surface area contributed by atoms with Gasteiger partial charge in [-0.1, -0.05) is 29.8 Å². The summed E-state index contributed by atoms with van der Waals surface area (Å²) in [4.78, 5) is 12.0. The van der Waals surface area contributed by atoms with Gasteiger partial charge in [-0.05, 0) is 24.6 Å². The standard InChI is InChI=1S/C14H11ClN2O2S/c1-8-10-6-12(14(18)19)20-13(10)17(16-8)7-9-4-2-3-5-11(9)15/h2-6H,7H2,1H3,(H,18,19)/p-1. The Morgan fingerprint density at radius 3 is 2.90 bits per heavy atom. The Morgan fingerprint density at radius 1 is 1.45 bits per heavy atom. The molecule has 0 bridgehead atoms. The van der Waals surface area contributed by atoms with Gasteiger partial charge < -0.3 is 9.90 Å². The van der Waals surface area contributed by atoms with Crippen LogP contribution in [0, 0.1) is 6.92 Å². The van der Waals surface area contributed by atoms with Crippen molar-refractivity contribution in [3.8, 4) is 0 Å². The zero-order chi connectivity index (χ0) is 14.3. The van der Waals surface area contributed by atoms with E-state index < -0.39 is 5.97 Å². The number of aryl methyl sites for hydroxylation is 1. The fraction of sp³-hybridized carbons (Fsp3) is 0.143. The van der Waals surface area contributed by atoms with Gasteiger partial charge in [0.25, 0.3) is 0 Å². The van der Waals surface area contributed by atoms with Crippen molar-refractivity contribution in [2.75, 3.05) is 0 Å². The highest BCUT2D eigenvalue weighted by molar-refractivity contribution is 7.20. The smallest absolute Gasteiger partial charge is 0.122 e. The molecule has 2 heterocycles. The molecule has 0 spiro atoms. The Bertz CT molecular complexity index is 807. The predicted molar refractivity (Wildman–Crippen MR) is 77.2 cm³/mol. The maximum atomic E-state index is 11.0. The Hall–Kier alpha value is -1.85. The van der Waals surface area contributed by atoms with Crippen molar-refractivity contribution >= 4 is 39.1 Å². The van der Waals surface area contributed by atoms with Crippen LogP contribution < -0.4 is 5.11 Å². The minimum atomic E-state index is -1.16. The Morgan fingerprint density at radius 2 is 2.20 bits per heavy atom. The van der Waals surface area contributed by atoms with E-state index in [1.54, 1.807) is 10.7 Å². The first-order valence-electron chi connectivity index (χ1n) is 5.98. The minimum Gasteiger partial charge on any atom is -0.544 e. The van der Waals surface area contributed by atoms with Crippen molar-refractivity contribution < 1.29 is 9.90 Å². The summed E-state index contributed by atoms with van der Waals surface area (Å²) in [5.41, 5.74) is 1.75. The molecule has 20 heavy (non-hydrogen) atoms. The number of hydrogen-bond donors (Lipinski definition) is 0. The summed E-state index contributed by atoms with van der Waals surface area (Å²) in [5.74, 6) is -1.16. The van der Waals surface area contributed by atoms with Crippen molar-refractivity contribution in [3.63, 3.8) is 0 Å². The zero-order valence-electron chi connectivity index (χ0n) is 10.6. The topological polar surface area (TPSA) is 58.0 Å². The Labute approximate surface area is 124 Å². The van der Waals surface area contributed by atoms with E-state index in [0.29, 0.717) is 11.6 Å². The highest BCUT2D eigenvalue weighted by atomic mass is 35.5. The minimum absolute atomic E-state index is 0.216. The fourth-order valence-corrected chi connectivity index (χ4v) is 3.30. The zero-order valence-corrected chi connectivity index (χ0v) is 12.2. The number of nitrogens with zero attached hydrogens (tertiary/aromatic N) is 2. The van der Waals surface area contributed by atoms with Crippen LogP contribution in [-0.2, 0) is 6.54 Å². The second-order valence-corrected chi connectivity index (χ2v) is 5.89. The highest BCUT2D eigenvalue weighted by Gasteiger charge is 2.13. The van der Waals surface area contributed by atoms with E-state index in [9.17, 15) is 9.90 Å². The van der Waals surface area contributed by atoms with Gasteiger partial charge in [-0.3, -0.25) is 4.68 Å². The van der Waals surface area contributed by atoms with E-state index in [4.69, 9.17) is 11.6 Å². The number of carboxylic acid groups (broad SMARTS) is 1. The number of thiophene rings is 1. The van der Waals surface area contributed by atoms with E-state index in [1.807, 2.05) is 31.2 Å². The Balaban J connectivity index is 2.08. The first-order chi connectivity index (χ1) is 9.56. The van der Waals surface area contributed by atoms with Gasteiger partial charge in [-0.15, -0.1) is 11.3 Å². The number of hydrogen-bond acceptors (Lipinski definition) is 4. The van der Waals surface area contributed by atoms with Crippen molar-refractivity contribution in [2.45, 2.75) is 13.5 Å². The predicted octanol–water partition coefficient (Wildman–Crippen LogP) is 2.47. The molecule has 0 aliphatic carbocycles. The van der Waals surface area contributed by atoms with Crippen molar-refractivity contribution in [1.82, 2.24) is 9.78 Å². The summed E-state index contributed by atoms with van der Waals surface area (Å²) >= 11 is 7.32. The number of carboxylic acids is 1. The van der Waals surface area contributed by atoms with E-state index >= 15 is 0 Å². The number of rotatable bonds is 3. The van der Waals surface area contributed by atoms with E-state index in [1.165, 1.54) is 11.3 Å². The summed E-state index contributed by atoms with van der Waals surface area (Å²) < 4.78 is 1.78. The Kier molecular flexibility index (Phi) is 3.23. The van der Waals surface area contributed by atoms with Crippen molar-refractivity contribution in [3.05, 3.63) is 51.5 Å². The summed E-state index contributed by atoms with van der Waals surface area (Å²) in [6, 6.07) is 9.15. The lowest BCUT2D eigenvalue weighted by atomic mass is 10.2. The third-order valence-electron chi connectivity index (χ3n) is 3.09. The van der Waals surface area contributed by atoms with Crippen LogP contribution >= 0.6 is 22.9 Å². The van der Waals surface area contributed by atoms with Crippen LogP contribution in [0.15, 0.2) is 30.3 Å². The van der Waals surface area contributed by atoms with Gasteiger partial charge in [0.15, 0.2) is 0 Å². The molecule has 1 aromatic carbocycles. The molecule has 2 aromatic heterocycles. The lowest BCUT2D eigenvalue weighted by molar-refractivity contribution is -0.254. The molecule has 0 fully saturated rings. The molecule has 0 saturated heterocycles. The van der Waals surface area contributed by atoms with Crippen LogP contribution in [0.25, 0.3) is 10.2 Å². The second kappa shape index (κ2) is 4.92. The molecule has 0 amide bonds. The van der Waals surface area contributed by atoms with Crippen molar-refractivity contribution in [1.29, 1.82) is 0 Å². The molecule has 3 rings (SSSR count). The summed E-state index contributed by atoms with van der Waals surface area (Å²) in [7, 11) is 0. The molecular formula is C14H10ClN2O2S-. The number of fused-ring (bicyclic) bond motifs is 1. The average molecular weight is 306 g/mol. The quantitative estimate of drug-likeness (QED) is 0.747. The fourth-order valence-electron chi connectivity index (χ4n) is 2.11. The first-order valence-corrected chi connectivity index (χ1v) is 7.17. The van der Waals surface area contributed by atoms with Crippen LogP contribution in [0.2, 0.25) is 5.02 Å². The molecule has 4 nitrogen and oxygen atoms in total. The molecule has 102 valence electrons. The van der Waals surface area contributed by atoms with Gasteiger partial charge >= 0.3 is 0 Å². The number of benzene rings is 1. The monoisotopic (exact) mass is 305 g/mol. The molecule has 0 radical (unpaired) electrons. The molecule has 0 aliphatic heterocycles. The van der Waals surface area contributed by atoms with E-state index in [0.717, 1.165) is 21.5 Å². The third kappa shape index (κ3) is 2.19. The molecular weight excluding hydrogens is 296 g/mol. The van der Waals surface area contributed by atoms with Crippen LogP contribution in [0.5, 0.6) is 0 Å². The normalized spacial score (nSPS) is 11.1. The van der Waals surface area contributed by atoms with Gasteiger partial charge in [0.05, 0.1) is 23.1 Å². The molecule has 6 heteroatoms. The van der Waals surface area contributed by atoms with E-state index in [2.05, 4.69) is 5.10 Å². The van der Waals surface area contributed by atoms with Gasteiger partial charge in [-0.25, -0.2) is 0 Å². The maximum absolute atomic E-state index is 11.0. The third-order valence-corrected chi connectivity index (χ3v) is 4.58. The van der Waals surface area contributed by atoms with Crippen LogP contribution in [0.3, 0.4) is 0 Å². The van der Waals surface area contributed by atoms with Gasteiger partial charge in [0.1, 0.15) is 4.83 Å². The van der Waals surface area contributed by atoms with Crippen LogP contribution in [0.1, 0.15) is 20.9 Å². The summed E-state index contributed by atoms with van der Waals surface area (Å²) in [5, 5.41) is 16.9. The number of aromatic nitrogens is 2. The second-order valence-electron chi connectivity index (χ2n) is 4.45. The largest absolute Gasteiger partial charge is 0.544 e.